The predicted molar refractivity (Wildman–Crippen MR) is 64.8 cm³/mol. The topological polar surface area (TPSA) is 52.6 Å². The maximum Gasteiger partial charge on any atom is 0.322 e. The number of carboxylic acid groups (broad SMARTS) is 1. The van der Waals surface area contributed by atoms with E-state index in [1.807, 2.05) is 6.92 Å². The molecule has 0 aliphatic heterocycles. The number of carbonyl (C=O) groups is 1. The van der Waals surface area contributed by atoms with Crippen LogP contribution in [0.5, 0.6) is 0 Å². The molecule has 0 spiro atoms. The van der Waals surface area contributed by atoms with E-state index in [9.17, 15) is 9.18 Å². The van der Waals surface area contributed by atoms with Crippen LogP contribution in [0.2, 0.25) is 0 Å². The molecule has 0 saturated carbocycles. The van der Waals surface area contributed by atoms with Crippen molar-refractivity contribution < 1.29 is 14.3 Å². The Bertz CT molecular complexity index is 385. The number of benzene rings is 1. The van der Waals surface area contributed by atoms with Crippen molar-refractivity contribution in [3.63, 3.8) is 0 Å². The van der Waals surface area contributed by atoms with Crippen LogP contribution in [0.1, 0.15) is 6.92 Å². The first kappa shape index (κ1) is 13.4. The summed E-state index contributed by atoms with van der Waals surface area (Å²) >= 11 is 0. The third-order valence-corrected chi connectivity index (χ3v) is 2.62. The number of nitrogens with one attached hydrogen (secondary N) is 1. The zero-order valence-corrected chi connectivity index (χ0v) is 9.98. The molecule has 1 aromatic rings. The van der Waals surface area contributed by atoms with Crippen molar-refractivity contribution in [1.82, 2.24) is 5.32 Å². The lowest BCUT2D eigenvalue weighted by molar-refractivity contribution is -0.139. The second kappa shape index (κ2) is 6.20. The number of carboxylic acids is 1. The summed E-state index contributed by atoms with van der Waals surface area (Å²) in [5, 5.41) is 11.6. The zero-order valence-electron chi connectivity index (χ0n) is 9.98. The van der Waals surface area contributed by atoms with Gasteiger partial charge < -0.3 is 15.3 Å². The van der Waals surface area contributed by atoms with E-state index < -0.39 is 12.0 Å². The van der Waals surface area contributed by atoms with Crippen molar-refractivity contribution in [3.05, 3.63) is 30.1 Å². The van der Waals surface area contributed by atoms with Crippen molar-refractivity contribution in [1.29, 1.82) is 0 Å². The fourth-order valence-electron chi connectivity index (χ4n) is 1.62. The van der Waals surface area contributed by atoms with Gasteiger partial charge in [0.1, 0.15) is 11.9 Å². The van der Waals surface area contributed by atoms with Gasteiger partial charge in [-0.2, -0.15) is 0 Å². The van der Waals surface area contributed by atoms with Crippen molar-refractivity contribution in [3.8, 4) is 0 Å². The summed E-state index contributed by atoms with van der Waals surface area (Å²) in [5.41, 5.74) is 0.427. The first-order valence-electron chi connectivity index (χ1n) is 5.49. The van der Waals surface area contributed by atoms with Gasteiger partial charge in [-0.15, -0.1) is 0 Å². The zero-order chi connectivity index (χ0) is 12.8. The van der Waals surface area contributed by atoms with Crippen LogP contribution >= 0.6 is 0 Å². The molecule has 2 N–H and O–H groups in total. The van der Waals surface area contributed by atoms with Crippen LogP contribution in [0.3, 0.4) is 0 Å². The molecule has 1 rings (SSSR count). The summed E-state index contributed by atoms with van der Waals surface area (Å²) in [6.45, 7) is 2.64. The Hall–Kier alpha value is -1.62. The Kier molecular flexibility index (Phi) is 4.90. The number of para-hydroxylation sites is 1. The number of aliphatic carboxylic acids is 1. The first-order chi connectivity index (χ1) is 8.10. The summed E-state index contributed by atoms with van der Waals surface area (Å²) in [6, 6.07) is 5.64. The summed E-state index contributed by atoms with van der Waals surface area (Å²) in [7, 11) is 1.58. The molecule has 0 aliphatic rings. The number of hydrogen-bond donors (Lipinski definition) is 2. The van der Waals surface area contributed by atoms with Crippen LogP contribution < -0.4 is 10.2 Å². The molecule has 94 valence electrons. The second-order valence-corrected chi connectivity index (χ2v) is 3.67. The van der Waals surface area contributed by atoms with Crippen LogP contribution in [-0.2, 0) is 4.79 Å². The van der Waals surface area contributed by atoms with Crippen LogP contribution in [0.4, 0.5) is 10.1 Å². The third kappa shape index (κ3) is 3.42. The molecule has 1 atom stereocenters. The van der Waals surface area contributed by atoms with E-state index in [0.29, 0.717) is 12.2 Å². The van der Waals surface area contributed by atoms with Crippen molar-refractivity contribution in [2.24, 2.45) is 0 Å². The highest BCUT2D eigenvalue weighted by Crippen LogP contribution is 2.18. The molecular formula is C12H17FN2O2. The van der Waals surface area contributed by atoms with Crippen LogP contribution in [0.15, 0.2) is 24.3 Å². The van der Waals surface area contributed by atoms with Crippen molar-refractivity contribution in [2.45, 2.75) is 13.0 Å². The average Bonchev–Trinajstić information content (AvgIpc) is 2.31. The van der Waals surface area contributed by atoms with Gasteiger partial charge in [0.05, 0.1) is 5.69 Å². The van der Waals surface area contributed by atoms with E-state index in [1.54, 1.807) is 30.1 Å². The van der Waals surface area contributed by atoms with Crippen LogP contribution in [0.25, 0.3) is 0 Å². The van der Waals surface area contributed by atoms with Gasteiger partial charge in [0.2, 0.25) is 0 Å². The summed E-state index contributed by atoms with van der Waals surface area (Å²) < 4.78 is 13.6. The van der Waals surface area contributed by atoms with Crippen LogP contribution in [0, 0.1) is 5.82 Å². The van der Waals surface area contributed by atoms with Gasteiger partial charge >= 0.3 is 5.97 Å². The average molecular weight is 240 g/mol. The number of halogens is 1. The smallest absolute Gasteiger partial charge is 0.322 e. The number of hydrogen-bond acceptors (Lipinski definition) is 3. The largest absolute Gasteiger partial charge is 0.480 e. The van der Waals surface area contributed by atoms with E-state index in [1.165, 1.54) is 6.07 Å². The summed E-state index contributed by atoms with van der Waals surface area (Å²) in [5.74, 6) is -1.28. The Morgan fingerprint density at radius 2 is 2.18 bits per heavy atom. The van der Waals surface area contributed by atoms with Gasteiger partial charge in [-0.3, -0.25) is 4.79 Å². The van der Waals surface area contributed by atoms with Gasteiger partial charge in [0.15, 0.2) is 0 Å². The van der Waals surface area contributed by atoms with Gasteiger partial charge in [0, 0.05) is 13.1 Å². The van der Waals surface area contributed by atoms with Gasteiger partial charge in [-0.05, 0) is 26.1 Å². The molecule has 0 amide bonds. The Morgan fingerprint density at radius 1 is 1.53 bits per heavy atom. The Labute approximate surface area is 100 Å². The molecule has 0 aliphatic carbocycles. The normalized spacial score (nSPS) is 12.2. The standard InChI is InChI=1S/C12H17FN2O2/c1-3-15(8-10(14-2)12(16)17)11-7-5-4-6-9(11)13/h4-7,10,14H,3,8H2,1-2H3,(H,16,17). The predicted octanol–water partition coefficient (Wildman–Crippen LogP) is 1.32. The van der Waals surface area contributed by atoms with Gasteiger partial charge in [-0.25, -0.2) is 4.39 Å². The number of likely N-dealkylation sites (N-methyl/N-ethyl adjacent to an activating group) is 2. The lowest BCUT2D eigenvalue weighted by atomic mass is 10.2. The molecule has 0 aromatic heterocycles. The minimum Gasteiger partial charge on any atom is -0.480 e. The van der Waals surface area contributed by atoms with Crippen molar-refractivity contribution in [2.75, 3.05) is 25.0 Å². The SMILES string of the molecule is CCN(CC(NC)C(=O)O)c1ccccc1F. The van der Waals surface area contributed by atoms with E-state index in [0.717, 1.165) is 0 Å². The summed E-state index contributed by atoms with van der Waals surface area (Å²) in [4.78, 5) is 12.6. The maximum absolute atomic E-state index is 13.6. The first-order valence-corrected chi connectivity index (χ1v) is 5.49. The molecule has 17 heavy (non-hydrogen) atoms. The Balaban J connectivity index is 2.85. The van der Waals surface area contributed by atoms with Gasteiger partial charge in [-0.1, -0.05) is 12.1 Å². The minimum atomic E-state index is -0.942. The van der Waals surface area contributed by atoms with Crippen LogP contribution in [-0.4, -0.2) is 37.3 Å². The second-order valence-electron chi connectivity index (χ2n) is 3.67. The number of nitrogens with zero attached hydrogens (tertiary/aromatic N) is 1. The summed E-state index contributed by atoms with van der Waals surface area (Å²) in [6.07, 6.45) is 0. The highest BCUT2D eigenvalue weighted by Gasteiger charge is 2.19. The van der Waals surface area contributed by atoms with E-state index in [-0.39, 0.29) is 12.4 Å². The number of anilines is 1. The highest BCUT2D eigenvalue weighted by molar-refractivity contribution is 5.74. The molecule has 1 aromatic carbocycles. The monoisotopic (exact) mass is 240 g/mol. The highest BCUT2D eigenvalue weighted by atomic mass is 19.1. The minimum absolute atomic E-state index is 0.225. The van der Waals surface area contributed by atoms with E-state index >= 15 is 0 Å². The molecular weight excluding hydrogens is 223 g/mol. The molecule has 0 heterocycles. The van der Waals surface area contributed by atoms with E-state index in [2.05, 4.69) is 5.32 Å². The van der Waals surface area contributed by atoms with Gasteiger partial charge in [0.25, 0.3) is 0 Å². The molecule has 0 fully saturated rings. The molecule has 0 saturated heterocycles. The molecule has 5 heteroatoms. The quantitative estimate of drug-likeness (QED) is 0.787. The lowest BCUT2D eigenvalue weighted by Crippen LogP contribution is -2.45. The molecule has 1 unspecified atom stereocenters. The number of rotatable bonds is 6. The Morgan fingerprint density at radius 3 is 2.65 bits per heavy atom. The fourth-order valence-corrected chi connectivity index (χ4v) is 1.62. The fraction of sp³-hybridized carbons (Fsp3) is 0.417. The molecule has 0 radical (unpaired) electrons. The van der Waals surface area contributed by atoms with Crippen molar-refractivity contribution >= 4 is 11.7 Å². The molecule has 0 bridgehead atoms. The third-order valence-electron chi connectivity index (χ3n) is 2.62. The molecule has 4 nitrogen and oxygen atoms in total. The van der Waals surface area contributed by atoms with E-state index in [4.69, 9.17) is 5.11 Å². The maximum atomic E-state index is 13.6. The lowest BCUT2D eigenvalue weighted by Gasteiger charge is -2.26.